The molecule has 2 aliphatic carbocycles. The number of hydrogen-bond acceptors (Lipinski definition) is 8. The molecule has 0 unspecified atom stereocenters. The summed E-state index contributed by atoms with van der Waals surface area (Å²) < 4.78 is 17.4. The zero-order chi connectivity index (χ0) is 27.4. The summed E-state index contributed by atoms with van der Waals surface area (Å²) >= 11 is 2.37. The standard InChI is InChI=1S/C29H35NO6S2/c1-6-34-28(33)22(30-5)29-37-24-21(35-26(31)19-11-7-16(2)8-12-19)15-18(4)23(25(24)38-29)36-27(32)20-13-9-17(3)10-14-20/h15-17,19-20H,6-14H2,1-4H3/b29-22-. The molecule has 1 aliphatic heterocycles. The second-order valence-electron chi connectivity index (χ2n) is 10.6. The second kappa shape index (κ2) is 12.6. The number of thioether (sulfide) groups is 2. The molecule has 3 aliphatic rings. The van der Waals surface area contributed by atoms with Crippen molar-refractivity contribution in [2.75, 3.05) is 6.61 Å². The van der Waals surface area contributed by atoms with E-state index in [9.17, 15) is 14.4 Å². The van der Waals surface area contributed by atoms with Crippen LogP contribution in [0, 0.1) is 37.2 Å². The first kappa shape index (κ1) is 28.6. The van der Waals surface area contributed by atoms with E-state index < -0.39 is 5.97 Å². The average molecular weight is 558 g/mol. The molecule has 7 nitrogen and oxygen atoms in total. The number of fused-ring (bicyclic) bond motifs is 1. The van der Waals surface area contributed by atoms with Crippen LogP contribution in [0.5, 0.6) is 11.5 Å². The molecule has 0 saturated heterocycles. The molecule has 0 spiro atoms. The second-order valence-corrected chi connectivity index (χ2v) is 12.9. The molecule has 1 heterocycles. The lowest BCUT2D eigenvalue weighted by Crippen LogP contribution is -2.26. The molecule has 9 heteroatoms. The Morgan fingerprint density at radius 3 is 1.95 bits per heavy atom. The van der Waals surface area contributed by atoms with Crippen molar-refractivity contribution in [1.29, 1.82) is 0 Å². The van der Waals surface area contributed by atoms with Crippen molar-refractivity contribution in [1.82, 2.24) is 0 Å². The van der Waals surface area contributed by atoms with Gasteiger partial charge in [-0.3, -0.25) is 14.4 Å². The Bertz CT molecular complexity index is 1170. The largest absolute Gasteiger partial charge is 0.471 e. The maximum Gasteiger partial charge on any atom is 0.338 e. The molecule has 1 aromatic carbocycles. The third-order valence-electron chi connectivity index (χ3n) is 7.62. The van der Waals surface area contributed by atoms with Gasteiger partial charge in [-0.15, -0.1) is 0 Å². The van der Waals surface area contributed by atoms with Crippen LogP contribution in [0.3, 0.4) is 0 Å². The van der Waals surface area contributed by atoms with Crippen molar-refractivity contribution in [3.05, 3.63) is 33.0 Å². The number of esters is 3. The number of aryl methyl sites for hydroxylation is 1. The van der Waals surface area contributed by atoms with E-state index in [4.69, 9.17) is 20.8 Å². The molecule has 2 saturated carbocycles. The van der Waals surface area contributed by atoms with Gasteiger partial charge in [-0.25, -0.2) is 4.85 Å². The SMILES string of the molecule is [C-]#[N+]/C(C(=O)OCC)=C1/Sc2c(OC(=O)C3CCC(C)CC3)cc(C)c(OC(=O)C3CCC(C)CC3)c2S1. The topological polar surface area (TPSA) is 83.3 Å². The molecular weight excluding hydrogens is 522 g/mol. The third kappa shape index (κ3) is 6.40. The molecule has 1 aromatic rings. The Kier molecular flexibility index (Phi) is 9.48. The zero-order valence-electron chi connectivity index (χ0n) is 22.5. The number of benzene rings is 1. The highest BCUT2D eigenvalue weighted by molar-refractivity contribution is 8.24. The summed E-state index contributed by atoms with van der Waals surface area (Å²) in [6.45, 7) is 15.6. The third-order valence-corrected chi connectivity index (χ3v) is 10.2. The minimum absolute atomic E-state index is 0.132. The van der Waals surface area contributed by atoms with Crippen molar-refractivity contribution in [2.45, 2.75) is 88.9 Å². The predicted octanol–water partition coefficient (Wildman–Crippen LogP) is 7.31. The average Bonchev–Trinajstić information content (AvgIpc) is 3.33. The number of nitrogens with zero attached hydrogens (tertiary/aromatic N) is 1. The van der Waals surface area contributed by atoms with Gasteiger partial charge in [-0.2, -0.15) is 0 Å². The highest BCUT2D eigenvalue weighted by atomic mass is 32.2. The van der Waals surface area contributed by atoms with Crippen molar-refractivity contribution >= 4 is 41.4 Å². The predicted molar refractivity (Wildman–Crippen MR) is 147 cm³/mol. The maximum absolute atomic E-state index is 13.1. The molecular formula is C29H35NO6S2. The van der Waals surface area contributed by atoms with Crippen molar-refractivity contribution in [3.63, 3.8) is 0 Å². The first-order valence-corrected chi connectivity index (χ1v) is 15.1. The van der Waals surface area contributed by atoms with E-state index in [-0.39, 0.29) is 36.1 Å². The van der Waals surface area contributed by atoms with Gasteiger partial charge in [-0.05, 0) is 88.7 Å². The zero-order valence-corrected chi connectivity index (χ0v) is 24.1. The summed E-state index contributed by atoms with van der Waals surface area (Å²) in [5.41, 5.74) is 0.531. The lowest BCUT2D eigenvalue weighted by molar-refractivity contribution is -0.141. The quantitative estimate of drug-likeness (QED) is 0.156. The molecule has 38 heavy (non-hydrogen) atoms. The Morgan fingerprint density at radius 1 is 0.895 bits per heavy atom. The fraction of sp³-hybridized carbons (Fsp3) is 0.586. The molecule has 0 bridgehead atoms. The van der Waals surface area contributed by atoms with Crippen LogP contribution in [0.4, 0.5) is 0 Å². The molecule has 4 rings (SSSR count). The van der Waals surface area contributed by atoms with Crippen molar-refractivity contribution in [2.24, 2.45) is 23.7 Å². The summed E-state index contributed by atoms with van der Waals surface area (Å²) in [5.74, 6) is 0.457. The molecule has 0 N–H and O–H groups in total. The van der Waals surface area contributed by atoms with Gasteiger partial charge in [0.25, 0.3) is 5.70 Å². The van der Waals surface area contributed by atoms with Crippen molar-refractivity contribution in [3.8, 4) is 11.5 Å². The van der Waals surface area contributed by atoms with Crippen LogP contribution in [0.25, 0.3) is 4.85 Å². The number of ether oxygens (including phenoxy) is 3. The highest BCUT2D eigenvalue weighted by Crippen LogP contribution is 2.60. The van der Waals surface area contributed by atoms with Crippen LogP contribution in [0.1, 0.15) is 77.7 Å². The fourth-order valence-corrected chi connectivity index (χ4v) is 7.77. The van der Waals surface area contributed by atoms with Gasteiger partial charge in [0.1, 0.15) is 11.5 Å². The lowest BCUT2D eigenvalue weighted by Gasteiger charge is -2.26. The summed E-state index contributed by atoms with van der Waals surface area (Å²) in [5, 5.41) is 0. The van der Waals surface area contributed by atoms with Crippen LogP contribution in [-0.4, -0.2) is 24.5 Å². The normalized spacial score (nSPS) is 26.1. The minimum atomic E-state index is -0.702. The molecule has 0 amide bonds. The van der Waals surface area contributed by atoms with Gasteiger partial charge in [0, 0.05) is 0 Å². The van der Waals surface area contributed by atoms with Gasteiger partial charge >= 0.3 is 17.9 Å². The fourth-order valence-electron chi connectivity index (χ4n) is 5.16. The Morgan fingerprint density at radius 2 is 1.42 bits per heavy atom. The summed E-state index contributed by atoms with van der Waals surface area (Å²) in [7, 11) is 0. The summed E-state index contributed by atoms with van der Waals surface area (Å²) in [6.07, 6.45) is 7.19. The van der Waals surface area contributed by atoms with E-state index in [0.29, 0.717) is 42.9 Å². The number of rotatable bonds is 6. The van der Waals surface area contributed by atoms with E-state index in [1.54, 1.807) is 13.0 Å². The first-order chi connectivity index (χ1) is 18.2. The molecule has 0 radical (unpaired) electrons. The van der Waals surface area contributed by atoms with Gasteiger partial charge in [-0.1, -0.05) is 37.4 Å². The minimum Gasteiger partial charge on any atom is -0.471 e. The van der Waals surface area contributed by atoms with Crippen LogP contribution in [0.2, 0.25) is 0 Å². The van der Waals surface area contributed by atoms with Gasteiger partial charge in [0.15, 0.2) is 0 Å². The summed E-state index contributed by atoms with van der Waals surface area (Å²) in [4.78, 5) is 43.3. The van der Waals surface area contributed by atoms with Gasteiger partial charge in [0.2, 0.25) is 0 Å². The first-order valence-electron chi connectivity index (χ1n) is 13.5. The van der Waals surface area contributed by atoms with Gasteiger partial charge in [0.05, 0.1) is 39.0 Å². The Balaban J connectivity index is 1.66. The van der Waals surface area contributed by atoms with Crippen LogP contribution < -0.4 is 9.47 Å². The van der Waals surface area contributed by atoms with Crippen LogP contribution in [-0.2, 0) is 19.1 Å². The molecule has 204 valence electrons. The smallest absolute Gasteiger partial charge is 0.338 e. The monoisotopic (exact) mass is 557 g/mol. The highest BCUT2D eigenvalue weighted by Gasteiger charge is 2.35. The van der Waals surface area contributed by atoms with E-state index in [1.165, 1.54) is 23.5 Å². The van der Waals surface area contributed by atoms with Crippen molar-refractivity contribution < 1.29 is 28.6 Å². The number of carbonyl (C=O) groups is 3. The van der Waals surface area contributed by atoms with E-state index >= 15 is 0 Å². The van der Waals surface area contributed by atoms with Crippen LogP contribution in [0.15, 0.2) is 25.8 Å². The Labute approximate surface area is 233 Å². The maximum atomic E-state index is 13.1. The molecule has 0 aromatic heterocycles. The van der Waals surface area contributed by atoms with E-state index in [0.717, 1.165) is 51.4 Å². The number of carbonyl (C=O) groups excluding carboxylic acids is 3. The molecule has 2 fully saturated rings. The number of hydrogen-bond donors (Lipinski definition) is 0. The Hall–Kier alpha value is -2.44. The van der Waals surface area contributed by atoms with Crippen LogP contribution >= 0.6 is 23.5 Å². The van der Waals surface area contributed by atoms with E-state index in [2.05, 4.69) is 18.7 Å². The summed E-state index contributed by atoms with van der Waals surface area (Å²) in [6, 6.07) is 1.73. The molecule has 0 atom stereocenters. The van der Waals surface area contributed by atoms with E-state index in [1.807, 2.05) is 6.92 Å². The lowest BCUT2D eigenvalue weighted by atomic mass is 9.83. The van der Waals surface area contributed by atoms with Gasteiger partial charge < -0.3 is 14.2 Å².